The molecule has 0 bridgehead atoms. The van der Waals surface area contributed by atoms with E-state index in [1.54, 1.807) is 20.2 Å². The number of rotatable bonds is 5. The van der Waals surface area contributed by atoms with Gasteiger partial charge in [0.05, 0.1) is 12.8 Å². The minimum Gasteiger partial charge on any atom is -0.495 e. The van der Waals surface area contributed by atoms with E-state index in [9.17, 15) is 4.39 Å². The molecule has 0 amide bonds. The fourth-order valence-electron chi connectivity index (χ4n) is 3.39. The minimum absolute atomic E-state index is 0.153. The molecule has 2 aromatic carbocycles. The molecule has 6 heteroatoms. The third-order valence-electron chi connectivity index (χ3n) is 4.85. The first-order chi connectivity index (χ1) is 13.2. The number of methoxy groups -OCH3 is 1. The van der Waals surface area contributed by atoms with Crippen LogP contribution in [-0.2, 0) is 6.42 Å². The maximum atomic E-state index is 13.7. The topological polar surface area (TPSA) is 40.1 Å². The Morgan fingerprint density at radius 2 is 1.78 bits per heavy atom. The van der Waals surface area contributed by atoms with E-state index in [1.165, 1.54) is 6.07 Å². The van der Waals surface area contributed by atoms with Gasteiger partial charge in [-0.1, -0.05) is 30.3 Å². The highest BCUT2D eigenvalue weighted by Crippen LogP contribution is 2.28. The Hall–Kier alpha value is -2.76. The molecule has 2 aromatic rings. The summed E-state index contributed by atoms with van der Waals surface area (Å²) in [5.74, 6) is 1.61. The molecular weight excluding hydrogens is 343 g/mol. The van der Waals surface area contributed by atoms with Gasteiger partial charge in [0.15, 0.2) is 5.96 Å². The van der Waals surface area contributed by atoms with Crippen LogP contribution >= 0.6 is 0 Å². The van der Waals surface area contributed by atoms with Gasteiger partial charge in [0.25, 0.3) is 0 Å². The van der Waals surface area contributed by atoms with E-state index >= 15 is 0 Å². The van der Waals surface area contributed by atoms with E-state index in [0.717, 1.165) is 49.1 Å². The molecule has 1 aliphatic rings. The Morgan fingerprint density at radius 1 is 1.07 bits per heavy atom. The number of benzene rings is 2. The first-order valence-corrected chi connectivity index (χ1v) is 9.30. The molecule has 1 saturated heterocycles. The Balaban J connectivity index is 1.52. The lowest BCUT2D eigenvalue weighted by Gasteiger charge is -2.38. The van der Waals surface area contributed by atoms with E-state index < -0.39 is 0 Å². The summed E-state index contributed by atoms with van der Waals surface area (Å²) in [6.07, 6.45) is 0.632. The number of hydrogen-bond acceptors (Lipinski definition) is 3. The van der Waals surface area contributed by atoms with E-state index in [-0.39, 0.29) is 5.82 Å². The SMILES string of the molecule is CN=C(NCCc1ccccc1F)N1CCN(c2ccccc2OC)CC1. The smallest absolute Gasteiger partial charge is 0.193 e. The second kappa shape index (κ2) is 9.26. The highest BCUT2D eigenvalue weighted by molar-refractivity contribution is 5.80. The Labute approximate surface area is 160 Å². The third-order valence-corrected chi connectivity index (χ3v) is 4.85. The average molecular weight is 370 g/mol. The molecule has 0 atom stereocenters. The normalized spacial score (nSPS) is 15.0. The number of anilines is 1. The van der Waals surface area contributed by atoms with Crippen molar-refractivity contribution in [2.24, 2.45) is 4.99 Å². The number of hydrogen-bond donors (Lipinski definition) is 1. The van der Waals surface area contributed by atoms with Gasteiger partial charge in [0, 0.05) is 39.8 Å². The molecule has 1 fully saturated rings. The van der Waals surface area contributed by atoms with Crippen molar-refractivity contribution < 1.29 is 9.13 Å². The van der Waals surface area contributed by atoms with Crippen molar-refractivity contribution in [3.05, 3.63) is 59.9 Å². The van der Waals surface area contributed by atoms with Crippen LogP contribution in [0.1, 0.15) is 5.56 Å². The van der Waals surface area contributed by atoms with Gasteiger partial charge in [-0.05, 0) is 30.2 Å². The van der Waals surface area contributed by atoms with Crippen molar-refractivity contribution in [3.8, 4) is 5.75 Å². The molecule has 144 valence electrons. The van der Waals surface area contributed by atoms with Gasteiger partial charge in [-0.25, -0.2) is 4.39 Å². The number of piperazine rings is 1. The van der Waals surface area contributed by atoms with Crippen molar-refractivity contribution in [3.63, 3.8) is 0 Å². The molecule has 0 saturated carbocycles. The molecule has 1 N–H and O–H groups in total. The van der Waals surface area contributed by atoms with Crippen LogP contribution in [0.15, 0.2) is 53.5 Å². The zero-order chi connectivity index (χ0) is 19.1. The minimum atomic E-state index is -0.153. The standard InChI is InChI=1S/C21H27FN4O/c1-23-21(24-12-11-17-7-3-4-8-18(17)22)26-15-13-25(14-16-26)19-9-5-6-10-20(19)27-2/h3-10H,11-16H2,1-2H3,(H,23,24). The number of nitrogens with one attached hydrogen (secondary N) is 1. The summed E-state index contributed by atoms with van der Waals surface area (Å²) in [4.78, 5) is 8.97. The van der Waals surface area contributed by atoms with Gasteiger partial charge in [-0.2, -0.15) is 0 Å². The van der Waals surface area contributed by atoms with Crippen molar-refractivity contribution in [2.45, 2.75) is 6.42 Å². The molecule has 5 nitrogen and oxygen atoms in total. The molecule has 27 heavy (non-hydrogen) atoms. The van der Waals surface area contributed by atoms with Gasteiger partial charge < -0.3 is 19.9 Å². The molecule has 0 spiro atoms. The number of aliphatic imine (C=N–C) groups is 1. The van der Waals surface area contributed by atoms with E-state index in [2.05, 4.69) is 26.2 Å². The quantitative estimate of drug-likeness (QED) is 0.649. The van der Waals surface area contributed by atoms with E-state index in [1.807, 2.05) is 30.3 Å². The maximum Gasteiger partial charge on any atom is 0.193 e. The first kappa shape index (κ1) is 19.0. The number of ether oxygens (including phenoxy) is 1. The van der Waals surface area contributed by atoms with Crippen LogP contribution in [0.4, 0.5) is 10.1 Å². The van der Waals surface area contributed by atoms with Crippen LogP contribution in [0.25, 0.3) is 0 Å². The zero-order valence-electron chi connectivity index (χ0n) is 16.0. The van der Waals surface area contributed by atoms with Gasteiger partial charge in [-0.3, -0.25) is 4.99 Å². The molecule has 0 aliphatic carbocycles. The fraction of sp³-hybridized carbons (Fsp3) is 0.381. The van der Waals surface area contributed by atoms with Gasteiger partial charge in [0.1, 0.15) is 11.6 Å². The van der Waals surface area contributed by atoms with Crippen molar-refractivity contribution in [1.29, 1.82) is 0 Å². The number of para-hydroxylation sites is 2. The van der Waals surface area contributed by atoms with Crippen molar-refractivity contribution >= 4 is 11.6 Å². The predicted molar refractivity (Wildman–Crippen MR) is 108 cm³/mol. The summed E-state index contributed by atoms with van der Waals surface area (Å²) in [5.41, 5.74) is 1.85. The third kappa shape index (κ3) is 4.70. The molecule has 3 rings (SSSR count). The highest BCUT2D eigenvalue weighted by atomic mass is 19.1. The molecule has 0 radical (unpaired) electrons. The second-order valence-corrected chi connectivity index (χ2v) is 6.46. The Kier molecular flexibility index (Phi) is 6.52. The Morgan fingerprint density at radius 3 is 2.48 bits per heavy atom. The van der Waals surface area contributed by atoms with Crippen LogP contribution in [0.5, 0.6) is 5.75 Å². The monoisotopic (exact) mass is 370 g/mol. The molecule has 0 unspecified atom stereocenters. The van der Waals surface area contributed by atoms with E-state index in [0.29, 0.717) is 13.0 Å². The lowest BCUT2D eigenvalue weighted by atomic mass is 10.1. The summed E-state index contributed by atoms with van der Waals surface area (Å²) in [6.45, 7) is 4.19. The average Bonchev–Trinajstić information content (AvgIpc) is 2.72. The Bertz CT molecular complexity index is 772. The van der Waals surface area contributed by atoms with Crippen LogP contribution < -0.4 is 15.0 Å². The van der Waals surface area contributed by atoms with Crippen molar-refractivity contribution in [2.75, 3.05) is 51.8 Å². The van der Waals surface area contributed by atoms with Crippen LogP contribution in [0.2, 0.25) is 0 Å². The van der Waals surface area contributed by atoms with E-state index in [4.69, 9.17) is 4.74 Å². The first-order valence-electron chi connectivity index (χ1n) is 9.30. The summed E-state index contributed by atoms with van der Waals surface area (Å²) >= 11 is 0. The second-order valence-electron chi connectivity index (χ2n) is 6.46. The van der Waals surface area contributed by atoms with Gasteiger partial charge in [0.2, 0.25) is 0 Å². The molecule has 1 aliphatic heterocycles. The number of nitrogens with zero attached hydrogens (tertiary/aromatic N) is 3. The number of guanidine groups is 1. The lowest BCUT2D eigenvalue weighted by Crippen LogP contribution is -2.52. The largest absolute Gasteiger partial charge is 0.495 e. The summed E-state index contributed by atoms with van der Waals surface area (Å²) in [5, 5.41) is 3.36. The summed E-state index contributed by atoms with van der Waals surface area (Å²) < 4.78 is 19.2. The van der Waals surface area contributed by atoms with Crippen LogP contribution in [-0.4, -0.2) is 57.7 Å². The summed E-state index contributed by atoms with van der Waals surface area (Å²) in [6, 6.07) is 15.0. The highest BCUT2D eigenvalue weighted by Gasteiger charge is 2.21. The van der Waals surface area contributed by atoms with Crippen LogP contribution in [0, 0.1) is 5.82 Å². The zero-order valence-corrected chi connectivity index (χ0v) is 16.0. The number of halogens is 1. The lowest BCUT2D eigenvalue weighted by molar-refractivity contribution is 0.367. The van der Waals surface area contributed by atoms with Gasteiger partial charge in [-0.15, -0.1) is 0 Å². The van der Waals surface area contributed by atoms with Gasteiger partial charge >= 0.3 is 0 Å². The predicted octanol–water partition coefficient (Wildman–Crippen LogP) is 2.77. The summed E-state index contributed by atoms with van der Waals surface area (Å²) in [7, 11) is 3.49. The molecular formula is C21H27FN4O. The fourth-order valence-corrected chi connectivity index (χ4v) is 3.39. The maximum absolute atomic E-state index is 13.7. The van der Waals surface area contributed by atoms with Crippen molar-refractivity contribution in [1.82, 2.24) is 10.2 Å². The molecule has 1 heterocycles. The molecule has 0 aromatic heterocycles. The van der Waals surface area contributed by atoms with Crippen LogP contribution in [0.3, 0.4) is 0 Å².